The van der Waals surface area contributed by atoms with Crippen molar-refractivity contribution < 1.29 is 9.90 Å². The van der Waals surface area contributed by atoms with Gasteiger partial charge in [-0.15, -0.1) is 5.10 Å². The molecule has 0 atom stereocenters. The Kier molecular flexibility index (Phi) is 3.57. The summed E-state index contributed by atoms with van der Waals surface area (Å²) in [5, 5.41) is 16.9. The van der Waals surface area contributed by atoms with E-state index in [-0.39, 0.29) is 5.56 Å². The van der Waals surface area contributed by atoms with Crippen LogP contribution >= 0.6 is 0 Å². The fourth-order valence-corrected chi connectivity index (χ4v) is 1.69. The fraction of sp³-hybridized carbons (Fsp3) is 0.417. The van der Waals surface area contributed by atoms with Gasteiger partial charge in [0.15, 0.2) is 0 Å². The van der Waals surface area contributed by atoms with E-state index in [4.69, 9.17) is 5.11 Å². The molecule has 6 nitrogen and oxygen atoms in total. The van der Waals surface area contributed by atoms with Crippen LogP contribution in [0.15, 0.2) is 18.2 Å². The molecule has 2 rings (SSSR count). The monoisotopic (exact) mass is 248 g/mol. The average molecular weight is 248 g/mol. The van der Waals surface area contributed by atoms with Crippen molar-refractivity contribution in [3.8, 4) is 0 Å². The summed E-state index contributed by atoms with van der Waals surface area (Å²) in [6, 6.07) is 4.88. The first-order chi connectivity index (χ1) is 8.61. The number of hydrogen-bond acceptors (Lipinski definition) is 4. The molecule has 1 aromatic heterocycles. The summed E-state index contributed by atoms with van der Waals surface area (Å²) in [5.41, 5.74) is 1.72. The summed E-state index contributed by atoms with van der Waals surface area (Å²) in [7, 11) is 2.04. The molecule has 0 saturated carbocycles. The molecule has 1 heterocycles. The maximum Gasteiger partial charge on any atom is 0.335 e. The number of aromatic carboxylic acids is 1. The fourth-order valence-electron chi connectivity index (χ4n) is 1.69. The summed E-state index contributed by atoms with van der Waals surface area (Å²) >= 11 is 0. The van der Waals surface area contributed by atoms with Crippen LogP contribution in [0.25, 0.3) is 11.0 Å². The van der Waals surface area contributed by atoms with E-state index in [1.807, 2.05) is 7.05 Å². The Bertz CT molecular complexity index is 564. The third kappa shape index (κ3) is 2.48. The Labute approximate surface area is 105 Å². The molecule has 0 bridgehead atoms. The van der Waals surface area contributed by atoms with Crippen LogP contribution in [0.5, 0.6) is 0 Å². The first-order valence-corrected chi connectivity index (χ1v) is 5.87. The maximum atomic E-state index is 10.8. The SMILES string of the molecule is CCN(C)CCn1nnc2cc(C(=O)O)ccc21. The van der Waals surface area contributed by atoms with Gasteiger partial charge in [-0.3, -0.25) is 0 Å². The number of aromatic nitrogens is 3. The quantitative estimate of drug-likeness (QED) is 0.857. The van der Waals surface area contributed by atoms with Crippen molar-refractivity contribution in [3.05, 3.63) is 23.8 Å². The van der Waals surface area contributed by atoms with Crippen LogP contribution in [0.1, 0.15) is 17.3 Å². The summed E-state index contributed by atoms with van der Waals surface area (Å²) in [4.78, 5) is 13.0. The highest BCUT2D eigenvalue weighted by Crippen LogP contribution is 2.13. The lowest BCUT2D eigenvalue weighted by Gasteiger charge is -2.13. The number of fused-ring (bicyclic) bond motifs is 1. The van der Waals surface area contributed by atoms with Crippen LogP contribution in [-0.2, 0) is 6.54 Å². The molecule has 0 saturated heterocycles. The van der Waals surface area contributed by atoms with Gasteiger partial charge in [0.1, 0.15) is 5.52 Å². The molecule has 0 radical (unpaired) electrons. The molecule has 0 aliphatic carbocycles. The molecule has 1 N–H and O–H groups in total. The zero-order valence-corrected chi connectivity index (χ0v) is 10.5. The number of benzene rings is 1. The molecule has 6 heteroatoms. The van der Waals surface area contributed by atoms with Gasteiger partial charge < -0.3 is 10.0 Å². The zero-order valence-electron chi connectivity index (χ0n) is 10.5. The molecular weight excluding hydrogens is 232 g/mol. The smallest absolute Gasteiger partial charge is 0.335 e. The minimum absolute atomic E-state index is 0.236. The molecule has 0 aliphatic heterocycles. The molecule has 0 amide bonds. The Morgan fingerprint density at radius 3 is 2.94 bits per heavy atom. The van der Waals surface area contributed by atoms with E-state index in [9.17, 15) is 4.79 Å². The van der Waals surface area contributed by atoms with Crippen LogP contribution in [0.4, 0.5) is 0 Å². The zero-order chi connectivity index (χ0) is 13.1. The van der Waals surface area contributed by atoms with Gasteiger partial charge in [0.2, 0.25) is 0 Å². The van der Waals surface area contributed by atoms with Crippen molar-refractivity contribution >= 4 is 17.0 Å². The lowest BCUT2D eigenvalue weighted by Crippen LogP contribution is -2.23. The predicted octanol–water partition coefficient (Wildman–Crippen LogP) is 1.08. The van der Waals surface area contributed by atoms with Gasteiger partial charge in [0.05, 0.1) is 17.6 Å². The van der Waals surface area contributed by atoms with E-state index >= 15 is 0 Å². The first-order valence-electron chi connectivity index (χ1n) is 5.87. The second-order valence-corrected chi connectivity index (χ2v) is 4.22. The number of rotatable bonds is 5. The molecule has 18 heavy (non-hydrogen) atoms. The van der Waals surface area contributed by atoms with E-state index in [2.05, 4.69) is 22.1 Å². The summed E-state index contributed by atoms with van der Waals surface area (Å²) in [5.74, 6) is -0.947. The van der Waals surface area contributed by atoms with Crippen molar-refractivity contribution in [1.82, 2.24) is 19.9 Å². The lowest BCUT2D eigenvalue weighted by molar-refractivity contribution is 0.0697. The largest absolute Gasteiger partial charge is 0.478 e. The van der Waals surface area contributed by atoms with Crippen molar-refractivity contribution in [1.29, 1.82) is 0 Å². The van der Waals surface area contributed by atoms with Gasteiger partial charge >= 0.3 is 5.97 Å². The molecule has 0 spiro atoms. The van der Waals surface area contributed by atoms with E-state index in [0.29, 0.717) is 5.52 Å². The average Bonchev–Trinajstić information content (AvgIpc) is 2.78. The second-order valence-electron chi connectivity index (χ2n) is 4.22. The van der Waals surface area contributed by atoms with Crippen LogP contribution < -0.4 is 0 Å². The van der Waals surface area contributed by atoms with E-state index in [0.717, 1.165) is 25.2 Å². The van der Waals surface area contributed by atoms with Gasteiger partial charge in [-0.1, -0.05) is 12.1 Å². The minimum atomic E-state index is -0.947. The predicted molar refractivity (Wildman–Crippen MR) is 67.7 cm³/mol. The normalized spacial score (nSPS) is 11.3. The van der Waals surface area contributed by atoms with Crippen molar-refractivity contribution in [3.63, 3.8) is 0 Å². The number of hydrogen-bond donors (Lipinski definition) is 1. The summed E-state index contributed by atoms with van der Waals surface area (Å²) in [6.45, 7) is 4.71. The van der Waals surface area contributed by atoms with Crippen LogP contribution in [0.2, 0.25) is 0 Å². The van der Waals surface area contributed by atoms with Gasteiger partial charge in [-0.25, -0.2) is 9.48 Å². The second kappa shape index (κ2) is 5.14. The summed E-state index contributed by atoms with van der Waals surface area (Å²) in [6.07, 6.45) is 0. The standard InChI is InChI=1S/C12H16N4O2/c1-3-15(2)6-7-16-11-5-4-9(12(17)18)8-10(11)13-14-16/h4-5,8H,3,6-7H2,1-2H3,(H,17,18). The van der Waals surface area contributed by atoms with Crippen molar-refractivity contribution in [2.45, 2.75) is 13.5 Å². The Balaban J connectivity index is 2.23. The van der Waals surface area contributed by atoms with Crippen molar-refractivity contribution in [2.75, 3.05) is 20.1 Å². The van der Waals surface area contributed by atoms with Gasteiger partial charge in [-0.2, -0.15) is 0 Å². The lowest BCUT2D eigenvalue weighted by atomic mass is 10.2. The Morgan fingerprint density at radius 1 is 1.50 bits per heavy atom. The van der Waals surface area contributed by atoms with E-state index in [1.165, 1.54) is 0 Å². The van der Waals surface area contributed by atoms with E-state index in [1.54, 1.807) is 22.9 Å². The van der Waals surface area contributed by atoms with Crippen LogP contribution in [0.3, 0.4) is 0 Å². The Morgan fingerprint density at radius 2 is 2.28 bits per heavy atom. The number of carboxylic acids is 1. The molecule has 2 aromatic rings. The highest BCUT2D eigenvalue weighted by atomic mass is 16.4. The number of likely N-dealkylation sites (N-methyl/N-ethyl adjacent to an activating group) is 1. The van der Waals surface area contributed by atoms with Crippen LogP contribution in [-0.4, -0.2) is 51.1 Å². The van der Waals surface area contributed by atoms with Crippen molar-refractivity contribution in [2.24, 2.45) is 0 Å². The third-order valence-corrected chi connectivity index (χ3v) is 2.99. The van der Waals surface area contributed by atoms with E-state index < -0.39 is 5.97 Å². The number of carboxylic acid groups (broad SMARTS) is 1. The molecule has 1 aromatic carbocycles. The highest BCUT2D eigenvalue weighted by molar-refractivity contribution is 5.92. The number of nitrogens with zero attached hydrogens (tertiary/aromatic N) is 4. The molecule has 96 valence electrons. The van der Waals surface area contributed by atoms with Gasteiger partial charge in [0.25, 0.3) is 0 Å². The topological polar surface area (TPSA) is 71.2 Å². The molecule has 0 fully saturated rings. The maximum absolute atomic E-state index is 10.8. The van der Waals surface area contributed by atoms with Gasteiger partial charge in [-0.05, 0) is 31.8 Å². The first kappa shape index (κ1) is 12.5. The summed E-state index contributed by atoms with van der Waals surface area (Å²) < 4.78 is 1.80. The molecule has 0 aliphatic rings. The minimum Gasteiger partial charge on any atom is -0.478 e. The molecular formula is C12H16N4O2. The van der Waals surface area contributed by atoms with Gasteiger partial charge in [0, 0.05) is 6.54 Å². The Hall–Kier alpha value is -1.95. The number of carbonyl (C=O) groups is 1. The van der Waals surface area contributed by atoms with Crippen LogP contribution in [0, 0.1) is 0 Å². The third-order valence-electron chi connectivity index (χ3n) is 2.99. The molecule has 0 unspecified atom stereocenters. The highest BCUT2D eigenvalue weighted by Gasteiger charge is 2.09.